The lowest BCUT2D eigenvalue weighted by molar-refractivity contribution is -0.143. The number of nitrogens with zero attached hydrogens (tertiary/aromatic N) is 2. The predicted molar refractivity (Wildman–Crippen MR) is 88.7 cm³/mol. The van der Waals surface area contributed by atoms with Crippen molar-refractivity contribution >= 4 is 5.97 Å². The predicted octanol–water partition coefficient (Wildman–Crippen LogP) is 3.53. The van der Waals surface area contributed by atoms with Crippen molar-refractivity contribution in [2.24, 2.45) is 0 Å². The molecule has 1 N–H and O–H groups in total. The van der Waals surface area contributed by atoms with E-state index in [1.807, 2.05) is 30.3 Å². The Morgan fingerprint density at radius 3 is 2.46 bits per heavy atom. The van der Waals surface area contributed by atoms with Crippen LogP contribution in [0, 0.1) is 11.3 Å². The maximum absolute atomic E-state index is 11.8. The summed E-state index contributed by atoms with van der Waals surface area (Å²) in [5.74, 6) is -0.314. The molecule has 122 valence electrons. The molecule has 0 saturated heterocycles. The van der Waals surface area contributed by atoms with Gasteiger partial charge in [0.25, 0.3) is 0 Å². The van der Waals surface area contributed by atoms with E-state index >= 15 is 0 Å². The average molecular weight is 322 g/mol. The van der Waals surface area contributed by atoms with E-state index in [2.05, 4.69) is 4.98 Å². The number of hydrogen-bond acceptors (Lipinski definition) is 4. The van der Waals surface area contributed by atoms with Crippen LogP contribution < -0.4 is 4.74 Å². The van der Waals surface area contributed by atoms with Gasteiger partial charge in [-0.2, -0.15) is 5.26 Å². The van der Waals surface area contributed by atoms with E-state index in [0.717, 1.165) is 29.5 Å². The number of pyridine rings is 1. The Morgan fingerprint density at radius 2 is 1.92 bits per heavy atom. The van der Waals surface area contributed by atoms with Gasteiger partial charge in [0.1, 0.15) is 6.07 Å². The lowest BCUT2D eigenvalue weighted by Gasteiger charge is -2.24. The van der Waals surface area contributed by atoms with Crippen molar-refractivity contribution in [3.8, 4) is 22.9 Å². The second-order valence-electron chi connectivity index (χ2n) is 6.06. The molecule has 1 fully saturated rings. The van der Waals surface area contributed by atoms with Gasteiger partial charge in [0.05, 0.1) is 12.5 Å². The number of carboxylic acids is 1. The number of rotatable bonds is 4. The lowest BCUT2D eigenvalue weighted by Crippen LogP contribution is -2.32. The number of aromatic nitrogens is 1. The van der Waals surface area contributed by atoms with Gasteiger partial charge in [0.15, 0.2) is 11.4 Å². The Morgan fingerprint density at radius 1 is 1.25 bits per heavy atom. The minimum absolute atomic E-state index is 0.244. The van der Waals surface area contributed by atoms with Gasteiger partial charge >= 0.3 is 5.97 Å². The number of carboxylic acid groups (broad SMARTS) is 1. The first-order valence-electron chi connectivity index (χ1n) is 7.89. The molecule has 0 radical (unpaired) electrons. The molecule has 1 aromatic heterocycles. The molecule has 5 nitrogen and oxygen atoms in total. The van der Waals surface area contributed by atoms with E-state index in [1.54, 1.807) is 12.3 Å². The lowest BCUT2D eigenvalue weighted by atomic mass is 9.78. The molecule has 3 rings (SSSR count). The van der Waals surface area contributed by atoms with Crippen LogP contribution in [0.1, 0.15) is 36.9 Å². The van der Waals surface area contributed by atoms with Gasteiger partial charge in [-0.05, 0) is 30.0 Å². The van der Waals surface area contributed by atoms with Gasteiger partial charge in [-0.25, -0.2) is 4.98 Å². The van der Waals surface area contributed by atoms with E-state index in [0.29, 0.717) is 18.6 Å². The topological polar surface area (TPSA) is 83.2 Å². The van der Waals surface area contributed by atoms with Gasteiger partial charge in [-0.1, -0.05) is 37.1 Å². The summed E-state index contributed by atoms with van der Waals surface area (Å²) in [5, 5.41) is 18.7. The normalized spacial score (nSPS) is 15.7. The number of carbonyl (C=O) groups is 1. The number of methoxy groups -OCH3 is 1. The Balaban J connectivity index is 1.95. The van der Waals surface area contributed by atoms with Crippen molar-refractivity contribution < 1.29 is 14.6 Å². The number of benzene rings is 1. The molecule has 0 spiro atoms. The molecule has 1 aliphatic rings. The van der Waals surface area contributed by atoms with Crippen LogP contribution in [0.3, 0.4) is 0 Å². The highest BCUT2D eigenvalue weighted by Crippen LogP contribution is 2.42. The molecule has 0 aliphatic heterocycles. The third-order valence-corrected chi connectivity index (χ3v) is 4.82. The average Bonchev–Trinajstić information content (AvgIpc) is 3.12. The molecule has 0 amide bonds. The number of ether oxygens (including phenoxy) is 1. The molecule has 24 heavy (non-hydrogen) atoms. The first-order chi connectivity index (χ1) is 11.6. The van der Waals surface area contributed by atoms with Crippen molar-refractivity contribution in [1.82, 2.24) is 4.98 Å². The van der Waals surface area contributed by atoms with E-state index < -0.39 is 11.4 Å². The van der Waals surface area contributed by atoms with Crippen LogP contribution in [0.25, 0.3) is 11.1 Å². The van der Waals surface area contributed by atoms with Crippen LogP contribution in [0.15, 0.2) is 36.5 Å². The molecule has 1 saturated carbocycles. The van der Waals surface area contributed by atoms with Gasteiger partial charge in [-0.3, -0.25) is 4.79 Å². The summed E-state index contributed by atoms with van der Waals surface area (Å²) in [5.41, 5.74) is 2.08. The van der Waals surface area contributed by atoms with E-state index in [9.17, 15) is 9.90 Å². The number of nitriles is 1. The fourth-order valence-corrected chi connectivity index (χ4v) is 3.43. The molecule has 0 unspecified atom stereocenters. The molecule has 1 aliphatic carbocycles. The van der Waals surface area contributed by atoms with Crippen molar-refractivity contribution in [1.29, 1.82) is 5.26 Å². The van der Waals surface area contributed by atoms with E-state index in [-0.39, 0.29) is 5.69 Å². The molecule has 2 aromatic rings. The third-order valence-electron chi connectivity index (χ3n) is 4.82. The van der Waals surface area contributed by atoms with Crippen molar-refractivity contribution in [3.05, 3.63) is 47.8 Å². The zero-order chi connectivity index (χ0) is 17.2. The van der Waals surface area contributed by atoms with Crippen LogP contribution in [0.2, 0.25) is 0 Å². The van der Waals surface area contributed by atoms with Crippen LogP contribution in [-0.2, 0) is 10.2 Å². The monoisotopic (exact) mass is 322 g/mol. The standard InChI is InChI=1S/C19H18N2O3/c1-24-17-10-14(12-21-16(17)11-20)13-4-6-15(7-5-13)19(18(22)23)8-2-3-9-19/h4-7,10,12H,2-3,8-9H2,1H3,(H,22,23). The molecular weight excluding hydrogens is 304 g/mol. The largest absolute Gasteiger partial charge is 0.494 e. The third kappa shape index (κ3) is 2.61. The number of aliphatic carboxylic acids is 1. The van der Waals surface area contributed by atoms with Crippen LogP contribution in [0.5, 0.6) is 5.75 Å². The maximum atomic E-state index is 11.8. The summed E-state index contributed by atoms with van der Waals surface area (Å²) in [7, 11) is 1.50. The summed E-state index contributed by atoms with van der Waals surface area (Å²) in [6.07, 6.45) is 4.90. The van der Waals surface area contributed by atoms with Crippen molar-refractivity contribution in [2.45, 2.75) is 31.1 Å². The first kappa shape index (κ1) is 16.0. The second-order valence-corrected chi connectivity index (χ2v) is 6.06. The van der Waals surface area contributed by atoms with E-state index in [4.69, 9.17) is 10.00 Å². The van der Waals surface area contributed by atoms with E-state index in [1.165, 1.54) is 7.11 Å². The molecule has 0 bridgehead atoms. The highest BCUT2D eigenvalue weighted by atomic mass is 16.5. The zero-order valence-corrected chi connectivity index (χ0v) is 13.5. The zero-order valence-electron chi connectivity index (χ0n) is 13.5. The maximum Gasteiger partial charge on any atom is 0.314 e. The van der Waals surface area contributed by atoms with Gasteiger partial charge < -0.3 is 9.84 Å². The van der Waals surface area contributed by atoms with Gasteiger partial charge in [0.2, 0.25) is 0 Å². The van der Waals surface area contributed by atoms with Gasteiger partial charge in [0, 0.05) is 11.8 Å². The minimum Gasteiger partial charge on any atom is -0.494 e. The first-order valence-corrected chi connectivity index (χ1v) is 7.89. The summed E-state index contributed by atoms with van der Waals surface area (Å²) < 4.78 is 5.19. The summed E-state index contributed by atoms with van der Waals surface area (Å²) in [6.45, 7) is 0. The molecule has 0 atom stereocenters. The van der Waals surface area contributed by atoms with Crippen LogP contribution in [0.4, 0.5) is 0 Å². The summed E-state index contributed by atoms with van der Waals surface area (Å²) >= 11 is 0. The highest BCUT2D eigenvalue weighted by Gasteiger charge is 2.42. The Kier molecular flexibility index (Phi) is 4.22. The number of hydrogen-bond donors (Lipinski definition) is 1. The second kappa shape index (κ2) is 6.32. The smallest absolute Gasteiger partial charge is 0.314 e. The summed E-state index contributed by atoms with van der Waals surface area (Å²) in [6, 6.07) is 11.3. The quantitative estimate of drug-likeness (QED) is 0.931. The highest BCUT2D eigenvalue weighted by molar-refractivity contribution is 5.82. The Bertz CT molecular complexity index is 800. The fourth-order valence-electron chi connectivity index (χ4n) is 3.43. The van der Waals surface area contributed by atoms with Gasteiger partial charge in [-0.15, -0.1) is 0 Å². The van der Waals surface area contributed by atoms with Crippen molar-refractivity contribution in [3.63, 3.8) is 0 Å². The van der Waals surface area contributed by atoms with Crippen LogP contribution >= 0.6 is 0 Å². The SMILES string of the molecule is COc1cc(-c2ccc(C3(C(=O)O)CCCC3)cc2)cnc1C#N. The molecule has 1 heterocycles. The Hall–Kier alpha value is -2.87. The minimum atomic E-state index is -0.751. The fraction of sp³-hybridized carbons (Fsp3) is 0.316. The molecule has 5 heteroatoms. The van der Waals surface area contributed by atoms with Crippen LogP contribution in [-0.4, -0.2) is 23.2 Å². The van der Waals surface area contributed by atoms with Crippen molar-refractivity contribution in [2.75, 3.05) is 7.11 Å². The Labute approximate surface area is 140 Å². The molecule has 1 aromatic carbocycles. The molecular formula is C19H18N2O3. The summed E-state index contributed by atoms with van der Waals surface area (Å²) in [4.78, 5) is 15.9.